The van der Waals surface area contributed by atoms with E-state index in [2.05, 4.69) is 10.3 Å². The van der Waals surface area contributed by atoms with Crippen molar-refractivity contribution in [3.8, 4) is 0 Å². The van der Waals surface area contributed by atoms with Crippen molar-refractivity contribution in [2.24, 2.45) is 0 Å². The Balaban J connectivity index is 1.99. The topological polar surface area (TPSA) is 37.8 Å². The first-order chi connectivity index (χ1) is 10.2. The lowest BCUT2D eigenvalue weighted by Gasteiger charge is -2.19. The van der Waals surface area contributed by atoms with Gasteiger partial charge in [0.2, 0.25) is 0 Å². The van der Waals surface area contributed by atoms with E-state index in [1.165, 1.54) is 24.1 Å². The fraction of sp³-hybridized carbons (Fsp3) is 0.375. The highest BCUT2D eigenvalue weighted by Gasteiger charge is 2.18. The van der Waals surface area contributed by atoms with Crippen LogP contribution in [0.3, 0.4) is 0 Å². The van der Waals surface area contributed by atoms with Crippen molar-refractivity contribution in [3.05, 3.63) is 50.9 Å². The number of aromatic nitrogens is 2. The zero-order valence-corrected chi connectivity index (χ0v) is 13.4. The Morgan fingerprint density at radius 2 is 1.81 bits per heavy atom. The third-order valence-corrected chi connectivity index (χ3v) is 4.57. The maximum absolute atomic E-state index is 6.24. The molecule has 5 heteroatoms. The standard InChI is InChI=1S/C16H17Cl2N3/c1-19-16-10-5-2-3-8-14(10)20-15(21-16)9-11-12(17)6-4-7-13(11)18/h4,6-7H,2-3,5,8-9H2,1H3,(H,19,20,21). The van der Waals surface area contributed by atoms with Crippen molar-refractivity contribution in [2.75, 3.05) is 12.4 Å². The van der Waals surface area contributed by atoms with Crippen molar-refractivity contribution < 1.29 is 0 Å². The second-order valence-corrected chi connectivity index (χ2v) is 6.06. The first kappa shape index (κ1) is 14.6. The highest BCUT2D eigenvalue weighted by atomic mass is 35.5. The summed E-state index contributed by atoms with van der Waals surface area (Å²) in [5.41, 5.74) is 3.31. The van der Waals surface area contributed by atoms with Gasteiger partial charge in [-0.05, 0) is 43.4 Å². The molecule has 0 spiro atoms. The molecule has 1 aliphatic carbocycles. The minimum atomic E-state index is 0.556. The molecule has 0 unspecified atom stereocenters. The van der Waals surface area contributed by atoms with Crippen molar-refractivity contribution in [3.63, 3.8) is 0 Å². The van der Waals surface area contributed by atoms with Crippen molar-refractivity contribution in [2.45, 2.75) is 32.1 Å². The molecule has 0 saturated heterocycles. The number of aryl methyl sites for hydroxylation is 1. The van der Waals surface area contributed by atoms with Gasteiger partial charge in [-0.2, -0.15) is 0 Å². The minimum absolute atomic E-state index is 0.556. The van der Waals surface area contributed by atoms with Crippen LogP contribution in [0.25, 0.3) is 0 Å². The van der Waals surface area contributed by atoms with E-state index in [0.717, 1.165) is 30.0 Å². The molecular formula is C16H17Cl2N3. The lowest BCUT2D eigenvalue weighted by Crippen LogP contribution is -2.13. The summed E-state index contributed by atoms with van der Waals surface area (Å²) in [6, 6.07) is 5.54. The van der Waals surface area contributed by atoms with Gasteiger partial charge in [-0.3, -0.25) is 0 Å². The molecule has 3 rings (SSSR count). The van der Waals surface area contributed by atoms with Gasteiger partial charge in [0.1, 0.15) is 11.6 Å². The van der Waals surface area contributed by atoms with Crippen LogP contribution in [0.1, 0.15) is 35.5 Å². The molecule has 0 aliphatic heterocycles. The zero-order valence-electron chi connectivity index (χ0n) is 11.9. The first-order valence-corrected chi connectivity index (χ1v) is 7.94. The van der Waals surface area contributed by atoms with Crippen LogP contribution in [0.15, 0.2) is 18.2 Å². The molecule has 0 atom stereocenters. The molecule has 0 amide bonds. The van der Waals surface area contributed by atoms with Crippen LogP contribution < -0.4 is 5.32 Å². The number of fused-ring (bicyclic) bond motifs is 1. The number of hydrogen-bond acceptors (Lipinski definition) is 3. The Morgan fingerprint density at radius 3 is 2.52 bits per heavy atom. The number of nitrogens with one attached hydrogen (secondary N) is 1. The smallest absolute Gasteiger partial charge is 0.135 e. The van der Waals surface area contributed by atoms with Crippen LogP contribution in [0.2, 0.25) is 10.0 Å². The van der Waals surface area contributed by atoms with Crippen LogP contribution in [-0.2, 0) is 19.3 Å². The number of benzene rings is 1. The van der Waals surface area contributed by atoms with Crippen LogP contribution >= 0.6 is 23.2 Å². The molecule has 0 saturated carbocycles. The van der Waals surface area contributed by atoms with E-state index in [0.29, 0.717) is 16.5 Å². The Bertz CT molecular complexity index is 633. The predicted molar refractivity (Wildman–Crippen MR) is 87.5 cm³/mol. The van der Waals surface area contributed by atoms with Gasteiger partial charge in [0.05, 0.1) is 0 Å². The van der Waals surface area contributed by atoms with Crippen molar-refractivity contribution in [1.82, 2.24) is 9.97 Å². The molecule has 1 aromatic heterocycles. The van der Waals surface area contributed by atoms with Gasteiger partial charge in [-0.1, -0.05) is 29.3 Å². The highest BCUT2D eigenvalue weighted by molar-refractivity contribution is 6.36. The summed E-state index contributed by atoms with van der Waals surface area (Å²) < 4.78 is 0. The van der Waals surface area contributed by atoms with Crippen LogP contribution in [0.4, 0.5) is 5.82 Å². The summed E-state index contributed by atoms with van der Waals surface area (Å²) >= 11 is 12.5. The van der Waals surface area contributed by atoms with E-state index in [1.54, 1.807) is 0 Å². The molecule has 0 bridgehead atoms. The van der Waals surface area contributed by atoms with Gasteiger partial charge < -0.3 is 5.32 Å². The number of anilines is 1. The molecule has 1 aromatic carbocycles. The summed E-state index contributed by atoms with van der Waals surface area (Å²) in [5.74, 6) is 1.72. The molecule has 0 fully saturated rings. The molecule has 1 N–H and O–H groups in total. The van der Waals surface area contributed by atoms with E-state index >= 15 is 0 Å². The lowest BCUT2D eigenvalue weighted by atomic mass is 9.96. The highest BCUT2D eigenvalue weighted by Crippen LogP contribution is 2.29. The maximum Gasteiger partial charge on any atom is 0.135 e. The molecule has 0 radical (unpaired) electrons. The molecule has 21 heavy (non-hydrogen) atoms. The third kappa shape index (κ3) is 2.99. The lowest BCUT2D eigenvalue weighted by molar-refractivity contribution is 0.657. The summed E-state index contributed by atoms with van der Waals surface area (Å²) in [5, 5.41) is 4.52. The van der Waals surface area contributed by atoms with Crippen LogP contribution in [0.5, 0.6) is 0 Å². The number of halogens is 2. The maximum atomic E-state index is 6.24. The van der Waals surface area contributed by atoms with Gasteiger partial charge in [0.25, 0.3) is 0 Å². The second kappa shape index (κ2) is 6.20. The van der Waals surface area contributed by atoms with Gasteiger partial charge in [-0.25, -0.2) is 9.97 Å². The predicted octanol–water partition coefficient (Wildman–Crippen LogP) is 4.29. The van der Waals surface area contributed by atoms with Crippen molar-refractivity contribution in [1.29, 1.82) is 0 Å². The van der Waals surface area contributed by atoms with Gasteiger partial charge in [0, 0.05) is 34.8 Å². The third-order valence-electron chi connectivity index (χ3n) is 3.86. The quantitative estimate of drug-likeness (QED) is 0.916. The summed E-state index contributed by atoms with van der Waals surface area (Å²) in [4.78, 5) is 9.37. The molecule has 110 valence electrons. The monoisotopic (exact) mass is 321 g/mol. The van der Waals surface area contributed by atoms with E-state index < -0.39 is 0 Å². The van der Waals surface area contributed by atoms with E-state index in [9.17, 15) is 0 Å². The largest absolute Gasteiger partial charge is 0.373 e. The Hall–Kier alpha value is -1.32. The Labute approximate surface area is 134 Å². The number of nitrogens with zero attached hydrogens (tertiary/aromatic N) is 2. The zero-order chi connectivity index (χ0) is 14.8. The molecule has 1 heterocycles. The van der Waals surface area contributed by atoms with Crippen LogP contribution in [0, 0.1) is 0 Å². The van der Waals surface area contributed by atoms with Crippen molar-refractivity contribution >= 4 is 29.0 Å². The molecule has 2 aromatic rings. The van der Waals surface area contributed by atoms with E-state index in [-0.39, 0.29) is 0 Å². The average molecular weight is 322 g/mol. The summed E-state index contributed by atoms with van der Waals surface area (Å²) in [6.45, 7) is 0. The Morgan fingerprint density at radius 1 is 1.10 bits per heavy atom. The van der Waals surface area contributed by atoms with Gasteiger partial charge in [0.15, 0.2) is 0 Å². The fourth-order valence-corrected chi connectivity index (χ4v) is 3.32. The first-order valence-electron chi connectivity index (χ1n) is 7.18. The molecular weight excluding hydrogens is 305 g/mol. The van der Waals surface area contributed by atoms with Gasteiger partial charge in [-0.15, -0.1) is 0 Å². The molecule has 1 aliphatic rings. The van der Waals surface area contributed by atoms with E-state index in [1.807, 2.05) is 25.2 Å². The number of rotatable bonds is 3. The average Bonchev–Trinajstić information content (AvgIpc) is 2.50. The summed E-state index contributed by atoms with van der Waals surface area (Å²) in [7, 11) is 1.91. The van der Waals surface area contributed by atoms with Gasteiger partial charge >= 0.3 is 0 Å². The Kier molecular flexibility index (Phi) is 4.32. The second-order valence-electron chi connectivity index (χ2n) is 5.25. The molecule has 3 nitrogen and oxygen atoms in total. The normalized spacial score (nSPS) is 13.9. The number of hydrogen-bond donors (Lipinski definition) is 1. The van der Waals surface area contributed by atoms with E-state index in [4.69, 9.17) is 28.2 Å². The fourth-order valence-electron chi connectivity index (χ4n) is 2.79. The van der Waals surface area contributed by atoms with Crippen LogP contribution in [-0.4, -0.2) is 17.0 Å². The summed E-state index contributed by atoms with van der Waals surface area (Å²) in [6.07, 6.45) is 5.04. The SMILES string of the molecule is CNc1nc(Cc2c(Cl)cccc2Cl)nc2c1CCCC2. The minimum Gasteiger partial charge on any atom is -0.373 e.